The molecule has 0 aromatic heterocycles. The predicted molar refractivity (Wildman–Crippen MR) is 129 cm³/mol. The molecule has 0 amide bonds. The van der Waals surface area contributed by atoms with Crippen LogP contribution in [0.4, 0.5) is 0 Å². The molecule has 206 valence electrons. The monoisotopic (exact) mass is 524 g/mol. The highest BCUT2D eigenvalue weighted by Gasteiger charge is 2.53. The zero-order valence-corrected chi connectivity index (χ0v) is 21.9. The van der Waals surface area contributed by atoms with Crippen molar-refractivity contribution < 1.29 is 52.3 Å². The molecule has 0 N–H and O–H groups in total. The summed E-state index contributed by atoms with van der Waals surface area (Å²) in [7, 11) is 0. The highest BCUT2D eigenvalue weighted by atomic mass is 16.7. The average molecular weight is 525 g/mol. The van der Waals surface area contributed by atoms with Gasteiger partial charge in [-0.25, -0.2) is 0 Å². The summed E-state index contributed by atoms with van der Waals surface area (Å²) in [5.74, 6) is -1.72. The van der Waals surface area contributed by atoms with Gasteiger partial charge in [0, 0.05) is 27.7 Å². The molecule has 1 aliphatic heterocycles. The number of ether oxygens (including phenoxy) is 7. The Morgan fingerprint density at radius 2 is 1.30 bits per heavy atom. The number of unbranched alkanes of at least 4 members (excludes halogenated alkanes) is 3. The molecule has 0 spiro atoms. The normalized spacial score (nSPS) is 22.9. The summed E-state index contributed by atoms with van der Waals surface area (Å²) in [6, 6.07) is 6.74. The van der Waals surface area contributed by atoms with Crippen molar-refractivity contribution in [2.45, 2.75) is 91.0 Å². The van der Waals surface area contributed by atoms with E-state index in [-0.39, 0.29) is 6.61 Å². The smallest absolute Gasteiger partial charge is 0.303 e. The fraction of sp³-hybridized carbons (Fsp3) is 0.615. The molecule has 1 heterocycles. The van der Waals surface area contributed by atoms with Gasteiger partial charge in [-0.15, -0.1) is 0 Å². The minimum Gasteiger partial charge on any atom is -0.494 e. The molecule has 1 fully saturated rings. The lowest BCUT2D eigenvalue weighted by atomic mass is 9.98. The highest BCUT2D eigenvalue weighted by molar-refractivity contribution is 5.68. The molecular weight excluding hydrogens is 488 g/mol. The minimum atomic E-state index is -1.30. The van der Waals surface area contributed by atoms with Gasteiger partial charge in [0.2, 0.25) is 12.4 Å². The van der Waals surface area contributed by atoms with Crippen LogP contribution in [0, 0.1) is 0 Å². The van der Waals surface area contributed by atoms with E-state index in [4.69, 9.17) is 33.2 Å². The second kappa shape index (κ2) is 15.0. The molecule has 1 aromatic carbocycles. The maximum Gasteiger partial charge on any atom is 0.303 e. The first-order chi connectivity index (χ1) is 17.6. The maximum atomic E-state index is 11.9. The average Bonchev–Trinajstić information content (AvgIpc) is 2.81. The van der Waals surface area contributed by atoms with Crippen LogP contribution >= 0.6 is 0 Å². The fourth-order valence-electron chi connectivity index (χ4n) is 3.75. The standard InChI is InChI=1S/C26H36O11/c1-6-7-8-9-14-31-20-10-12-21(13-11-20)36-26-25(35-19(5)30)24(34-18(4)29)23(33-17(3)28)22(37-26)15-32-16(2)27/h10-13,22-26H,6-9,14-15H2,1-5H3/t22-,23+,24-,25-,26-/m0/s1. The van der Waals surface area contributed by atoms with Crippen molar-refractivity contribution in [2.24, 2.45) is 0 Å². The first-order valence-electron chi connectivity index (χ1n) is 12.3. The van der Waals surface area contributed by atoms with E-state index in [0.717, 1.165) is 39.5 Å². The lowest BCUT2D eigenvalue weighted by Gasteiger charge is -2.43. The zero-order valence-electron chi connectivity index (χ0n) is 21.9. The van der Waals surface area contributed by atoms with Gasteiger partial charge in [0.05, 0.1) is 6.61 Å². The molecular formula is C26H36O11. The second-order valence-corrected chi connectivity index (χ2v) is 8.57. The van der Waals surface area contributed by atoms with Gasteiger partial charge in [0.25, 0.3) is 0 Å². The van der Waals surface area contributed by atoms with Crippen molar-refractivity contribution in [3.63, 3.8) is 0 Å². The molecule has 11 nitrogen and oxygen atoms in total. The Hall–Kier alpha value is -3.34. The van der Waals surface area contributed by atoms with Gasteiger partial charge in [-0.05, 0) is 30.7 Å². The topological polar surface area (TPSA) is 133 Å². The quantitative estimate of drug-likeness (QED) is 0.214. The lowest BCUT2D eigenvalue weighted by Crippen LogP contribution is -2.63. The number of hydrogen-bond donors (Lipinski definition) is 0. The predicted octanol–water partition coefficient (Wildman–Crippen LogP) is 3.11. The Morgan fingerprint density at radius 3 is 1.86 bits per heavy atom. The summed E-state index contributed by atoms with van der Waals surface area (Å²) in [6.07, 6.45) is -1.85. The largest absolute Gasteiger partial charge is 0.494 e. The summed E-state index contributed by atoms with van der Waals surface area (Å²) in [5, 5.41) is 0. The van der Waals surface area contributed by atoms with Crippen LogP contribution in [0.5, 0.6) is 11.5 Å². The number of hydrogen-bond acceptors (Lipinski definition) is 11. The number of esters is 4. The number of benzene rings is 1. The van der Waals surface area contributed by atoms with E-state index in [2.05, 4.69) is 6.92 Å². The van der Waals surface area contributed by atoms with Crippen molar-refractivity contribution in [1.29, 1.82) is 0 Å². The summed E-state index contributed by atoms with van der Waals surface area (Å²) < 4.78 is 38.8. The van der Waals surface area contributed by atoms with Crippen LogP contribution in [0.25, 0.3) is 0 Å². The van der Waals surface area contributed by atoms with Crippen LogP contribution in [-0.4, -0.2) is 67.8 Å². The number of rotatable bonds is 13. The Morgan fingerprint density at radius 1 is 0.730 bits per heavy atom. The summed E-state index contributed by atoms with van der Waals surface area (Å²) >= 11 is 0. The van der Waals surface area contributed by atoms with Crippen molar-refractivity contribution >= 4 is 23.9 Å². The van der Waals surface area contributed by atoms with Crippen LogP contribution in [0.3, 0.4) is 0 Å². The molecule has 1 aromatic rings. The minimum absolute atomic E-state index is 0.331. The highest BCUT2D eigenvalue weighted by Crippen LogP contribution is 2.31. The second-order valence-electron chi connectivity index (χ2n) is 8.57. The summed E-state index contributed by atoms with van der Waals surface area (Å²) in [4.78, 5) is 47.1. The van der Waals surface area contributed by atoms with Crippen molar-refractivity contribution in [3.8, 4) is 11.5 Å². The lowest BCUT2D eigenvalue weighted by molar-refractivity contribution is -0.288. The van der Waals surface area contributed by atoms with Gasteiger partial charge < -0.3 is 33.2 Å². The van der Waals surface area contributed by atoms with Gasteiger partial charge in [0.1, 0.15) is 24.2 Å². The summed E-state index contributed by atoms with van der Waals surface area (Å²) in [5.41, 5.74) is 0. The van der Waals surface area contributed by atoms with Gasteiger partial charge in [-0.2, -0.15) is 0 Å². The van der Waals surface area contributed by atoms with E-state index in [9.17, 15) is 19.2 Å². The SMILES string of the molecule is CCCCCCOc1ccc(O[C@H]2O[C@@H](COC(C)=O)[C@@H](OC(C)=O)[C@H](OC(C)=O)[C@@H]2OC(C)=O)cc1. The Bertz CT molecular complexity index is 898. The first kappa shape index (κ1) is 29.9. The molecule has 0 unspecified atom stereocenters. The number of carbonyl (C=O) groups excluding carboxylic acids is 4. The van der Waals surface area contributed by atoms with Crippen LogP contribution in [0.15, 0.2) is 24.3 Å². The third-order valence-electron chi connectivity index (χ3n) is 5.29. The molecule has 5 atom stereocenters. The Balaban J connectivity index is 2.26. The molecule has 11 heteroatoms. The molecule has 0 saturated carbocycles. The molecule has 0 bridgehead atoms. The fourth-order valence-corrected chi connectivity index (χ4v) is 3.75. The Kier molecular flexibility index (Phi) is 12.1. The van der Waals surface area contributed by atoms with Crippen molar-refractivity contribution in [2.75, 3.05) is 13.2 Å². The van der Waals surface area contributed by atoms with E-state index in [0.29, 0.717) is 18.1 Å². The number of carbonyl (C=O) groups is 4. The van der Waals surface area contributed by atoms with Gasteiger partial charge in [0.15, 0.2) is 12.2 Å². The zero-order chi connectivity index (χ0) is 27.4. The van der Waals surface area contributed by atoms with Crippen LogP contribution < -0.4 is 9.47 Å². The van der Waals surface area contributed by atoms with Crippen LogP contribution in [0.2, 0.25) is 0 Å². The van der Waals surface area contributed by atoms with Crippen molar-refractivity contribution in [1.82, 2.24) is 0 Å². The molecule has 37 heavy (non-hydrogen) atoms. The first-order valence-corrected chi connectivity index (χ1v) is 12.3. The summed E-state index contributed by atoms with van der Waals surface area (Å²) in [6.45, 7) is 7.10. The van der Waals surface area contributed by atoms with Crippen LogP contribution in [-0.2, 0) is 42.9 Å². The molecule has 1 aliphatic rings. The third kappa shape index (κ3) is 10.3. The van der Waals surface area contributed by atoms with Gasteiger partial charge >= 0.3 is 23.9 Å². The van der Waals surface area contributed by atoms with Crippen LogP contribution in [0.1, 0.15) is 60.3 Å². The molecule has 0 radical (unpaired) electrons. The van der Waals surface area contributed by atoms with Gasteiger partial charge in [-0.1, -0.05) is 26.2 Å². The molecule has 2 rings (SSSR count). The van der Waals surface area contributed by atoms with E-state index >= 15 is 0 Å². The van der Waals surface area contributed by atoms with E-state index in [1.54, 1.807) is 24.3 Å². The van der Waals surface area contributed by atoms with Gasteiger partial charge in [-0.3, -0.25) is 19.2 Å². The van der Waals surface area contributed by atoms with E-state index in [1.807, 2.05) is 0 Å². The maximum absolute atomic E-state index is 11.9. The van der Waals surface area contributed by atoms with Crippen molar-refractivity contribution in [3.05, 3.63) is 24.3 Å². The third-order valence-corrected chi connectivity index (χ3v) is 5.29. The van der Waals surface area contributed by atoms with E-state index in [1.165, 1.54) is 13.8 Å². The molecule has 0 aliphatic carbocycles. The molecule has 1 saturated heterocycles. The van der Waals surface area contributed by atoms with E-state index < -0.39 is 54.6 Å². The Labute approximate surface area is 216 Å².